The maximum atomic E-state index is 11.9. The summed E-state index contributed by atoms with van der Waals surface area (Å²) >= 11 is 0. The third-order valence-electron chi connectivity index (χ3n) is 5.70. The molecule has 0 aliphatic carbocycles. The van der Waals surface area contributed by atoms with Gasteiger partial charge in [0.15, 0.2) is 0 Å². The standard InChI is InChI=1S/C18H26N2O.C2HF3O2/c1-19-17(21)8-11-18(19)10-5-13-20(15-12-18)14-9-16-6-3-2-4-7-16;3-2(4,5)1(6)7/h2-4,6-7H,5,8-15H2,1H3;(H,6,7). The minimum absolute atomic E-state index is 0.165. The number of amides is 1. The number of halogens is 3. The van der Waals surface area contributed by atoms with Gasteiger partial charge in [0.1, 0.15) is 0 Å². The van der Waals surface area contributed by atoms with Crippen molar-refractivity contribution in [3.05, 3.63) is 35.9 Å². The predicted octanol–water partition coefficient (Wildman–Crippen LogP) is 3.34. The molecule has 1 unspecified atom stereocenters. The summed E-state index contributed by atoms with van der Waals surface area (Å²) in [5, 5.41) is 7.12. The Hall–Kier alpha value is -2.09. The molecule has 0 radical (unpaired) electrons. The van der Waals surface area contributed by atoms with Crippen molar-refractivity contribution in [1.29, 1.82) is 0 Å². The normalized spacial score (nSPS) is 23.3. The Morgan fingerprint density at radius 3 is 2.32 bits per heavy atom. The number of rotatable bonds is 3. The second kappa shape index (κ2) is 9.41. The minimum atomic E-state index is -5.08. The highest BCUT2D eigenvalue weighted by Crippen LogP contribution is 2.37. The number of benzene rings is 1. The van der Waals surface area contributed by atoms with Crippen LogP contribution in [0.25, 0.3) is 0 Å². The van der Waals surface area contributed by atoms with Gasteiger partial charge in [0.05, 0.1) is 0 Å². The summed E-state index contributed by atoms with van der Waals surface area (Å²) in [5.74, 6) is -2.42. The molecule has 1 N–H and O–H groups in total. The molecular weight excluding hydrogens is 373 g/mol. The number of carboxylic acid groups (broad SMARTS) is 1. The molecule has 1 atom stereocenters. The van der Waals surface area contributed by atoms with Crippen molar-refractivity contribution in [1.82, 2.24) is 9.80 Å². The fourth-order valence-electron chi connectivity index (χ4n) is 3.92. The third kappa shape index (κ3) is 5.95. The zero-order valence-corrected chi connectivity index (χ0v) is 16.0. The minimum Gasteiger partial charge on any atom is -0.475 e. The van der Waals surface area contributed by atoms with Crippen LogP contribution in [-0.2, 0) is 16.0 Å². The molecule has 156 valence electrons. The fraction of sp³-hybridized carbons (Fsp3) is 0.600. The molecule has 0 saturated carbocycles. The van der Waals surface area contributed by atoms with Crippen molar-refractivity contribution in [3.63, 3.8) is 0 Å². The van der Waals surface area contributed by atoms with E-state index in [1.54, 1.807) is 0 Å². The number of nitrogens with zero attached hydrogens (tertiary/aromatic N) is 2. The molecular formula is C20H27F3N2O3. The molecule has 28 heavy (non-hydrogen) atoms. The van der Waals surface area contributed by atoms with Crippen LogP contribution in [0.15, 0.2) is 30.3 Å². The van der Waals surface area contributed by atoms with Crippen molar-refractivity contribution in [2.24, 2.45) is 0 Å². The highest BCUT2D eigenvalue weighted by atomic mass is 19.4. The number of likely N-dealkylation sites (tertiary alicyclic amines) is 2. The van der Waals surface area contributed by atoms with Gasteiger partial charge >= 0.3 is 12.1 Å². The van der Waals surface area contributed by atoms with Crippen LogP contribution >= 0.6 is 0 Å². The summed E-state index contributed by atoms with van der Waals surface area (Å²) in [5.41, 5.74) is 1.59. The molecule has 1 aromatic rings. The molecule has 2 saturated heterocycles. The van der Waals surface area contributed by atoms with Crippen LogP contribution in [0.2, 0.25) is 0 Å². The van der Waals surface area contributed by atoms with Gasteiger partial charge in [-0.3, -0.25) is 4.79 Å². The molecule has 2 aliphatic rings. The van der Waals surface area contributed by atoms with Crippen molar-refractivity contribution in [2.45, 2.75) is 50.2 Å². The number of alkyl halides is 3. The first kappa shape index (κ1) is 22.2. The molecule has 1 spiro atoms. The number of carbonyl (C=O) groups excluding carboxylic acids is 1. The van der Waals surface area contributed by atoms with E-state index in [1.807, 2.05) is 11.9 Å². The zero-order chi connectivity index (χ0) is 20.8. The number of hydrogen-bond acceptors (Lipinski definition) is 3. The van der Waals surface area contributed by atoms with Gasteiger partial charge < -0.3 is 14.9 Å². The monoisotopic (exact) mass is 400 g/mol. The van der Waals surface area contributed by atoms with Gasteiger partial charge in [-0.25, -0.2) is 4.79 Å². The van der Waals surface area contributed by atoms with E-state index in [-0.39, 0.29) is 5.54 Å². The summed E-state index contributed by atoms with van der Waals surface area (Å²) in [6.45, 7) is 3.44. The van der Waals surface area contributed by atoms with Crippen LogP contribution in [-0.4, -0.2) is 65.2 Å². The van der Waals surface area contributed by atoms with Gasteiger partial charge in [0, 0.05) is 32.1 Å². The first-order valence-corrected chi connectivity index (χ1v) is 9.47. The highest BCUT2D eigenvalue weighted by molar-refractivity contribution is 5.79. The van der Waals surface area contributed by atoms with Gasteiger partial charge in [0.2, 0.25) is 5.91 Å². The number of aliphatic carboxylic acids is 1. The molecule has 2 fully saturated rings. The quantitative estimate of drug-likeness (QED) is 0.846. The number of carbonyl (C=O) groups is 2. The van der Waals surface area contributed by atoms with Gasteiger partial charge in [-0.15, -0.1) is 0 Å². The van der Waals surface area contributed by atoms with E-state index in [0.29, 0.717) is 5.91 Å². The predicted molar refractivity (Wildman–Crippen MR) is 98.9 cm³/mol. The fourth-order valence-corrected chi connectivity index (χ4v) is 3.92. The van der Waals surface area contributed by atoms with Gasteiger partial charge in [-0.05, 0) is 44.2 Å². The van der Waals surface area contributed by atoms with E-state index in [9.17, 15) is 18.0 Å². The Bertz CT molecular complexity index is 666. The molecule has 3 rings (SSSR count). The molecule has 2 heterocycles. The zero-order valence-electron chi connectivity index (χ0n) is 16.0. The Morgan fingerprint density at radius 1 is 1.14 bits per heavy atom. The Morgan fingerprint density at radius 2 is 1.79 bits per heavy atom. The second-order valence-electron chi connectivity index (χ2n) is 7.41. The second-order valence-corrected chi connectivity index (χ2v) is 7.41. The smallest absolute Gasteiger partial charge is 0.475 e. The van der Waals surface area contributed by atoms with Gasteiger partial charge in [0.25, 0.3) is 0 Å². The number of hydrogen-bond donors (Lipinski definition) is 1. The molecule has 5 nitrogen and oxygen atoms in total. The Kier molecular flexibility index (Phi) is 7.46. The maximum Gasteiger partial charge on any atom is 0.490 e. The largest absolute Gasteiger partial charge is 0.490 e. The van der Waals surface area contributed by atoms with E-state index in [4.69, 9.17) is 9.90 Å². The lowest BCUT2D eigenvalue weighted by Crippen LogP contribution is -2.43. The van der Waals surface area contributed by atoms with Gasteiger partial charge in [-0.2, -0.15) is 13.2 Å². The van der Waals surface area contributed by atoms with Crippen LogP contribution in [0.4, 0.5) is 13.2 Å². The lowest BCUT2D eigenvalue weighted by molar-refractivity contribution is -0.192. The summed E-state index contributed by atoms with van der Waals surface area (Å²) in [6.07, 6.45) is 1.39. The SMILES string of the molecule is CN1C(=O)CCC12CCCN(CCc1ccccc1)CC2.O=C(O)C(F)(F)F. The Labute approximate surface area is 163 Å². The average molecular weight is 400 g/mol. The molecule has 0 bridgehead atoms. The van der Waals surface area contributed by atoms with Crippen LogP contribution in [0.5, 0.6) is 0 Å². The van der Waals surface area contributed by atoms with Crippen molar-refractivity contribution in [2.75, 3.05) is 26.7 Å². The van der Waals surface area contributed by atoms with Crippen LogP contribution in [0.1, 0.15) is 37.7 Å². The van der Waals surface area contributed by atoms with E-state index in [0.717, 1.165) is 38.8 Å². The molecule has 0 aromatic heterocycles. The van der Waals surface area contributed by atoms with Gasteiger partial charge in [-0.1, -0.05) is 30.3 Å². The lowest BCUT2D eigenvalue weighted by atomic mass is 9.88. The average Bonchev–Trinajstić information content (AvgIpc) is 2.83. The first-order chi connectivity index (χ1) is 13.1. The van der Waals surface area contributed by atoms with Crippen molar-refractivity contribution < 1.29 is 27.9 Å². The molecule has 8 heteroatoms. The lowest BCUT2D eigenvalue weighted by Gasteiger charge is -2.35. The van der Waals surface area contributed by atoms with E-state index in [2.05, 4.69) is 35.2 Å². The third-order valence-corrected chi connectivity index (χ3v) is 5.70. The van der Waals surface area contributed by atoms with E-state index in [1.165, 1.54) is 24.9 Å². The summed E-state index contributed by atoms with van der Waals surface area (Å²) in [7, 11) is 2.01. The highest BCUT2D eigenvalue weighted by Gasteiger charge is 2.43. The number of carboxylic acids is 1. The van der Waals surface area contributed by atoms with Crippen LogP contribution in [0, 0.1) is 0 Å². The topological polar surface area (TPSA) is 60.9 Å². The van der Waals surface area contributed by atoms with E-state index >= 15 is 0 Å². The maximum absolute atomic E-state index is 11.9. The van der Waals surface area contributed by atoms with Crippen LogP contribution < -0.4 is 0 Å². The molecule has 1 amide bonds. The molecule has 2 aliphatic heterocycles. The summed E-state index contributed by atoms with van der Waals surface area (Å²) in [4.78, 5) is 25.4. The van der Waals surface area contributed by atoms with Crippen LogP contribution in [0.3, 0.4) is 0 Å². The first-order valence-electron chi connectivity index (χ1n) is 9.47. The van der Waals surface area contributed by atoms with Crippen molar-refractivity contribution in [3.8, 4) is 0 Å². The Balaban J connectivity index is 0.000000345. The summed E-state index contributed by atoms with van der Waals surface area (Å²) < 4.78 is 31.7. The van der Waals surface area contributed by atoms with Crippen molar-refractivity contribution >= 4 is 11.9 Å². The van der Waals surface area contributed by atoms with E-state index < -0.39 is 12.1 Å². The molecule has 1 aromatic carbocycles. The summed E-state index contributed by atoms with van der Waals surface area (Å²) in [6, 6.07) is 10.7.